The number of halogens is 3. The van der Waals surface area contributed by atoms with E-state index in [-0.39, 0.29) is 35.1 Å². The minimum Gasteiger partial charge on any atom is -0.488 e. The molecule has 0 radical (unpaired) electrons. The third-order valence-corrected chi connectivity index (χ3v) is 9.03. The molecule has 3 fully saturated rings. The quantitative estimate of drug-likeness (QED) is 0.443. The zero-order chi connectivity index (χ0) is 26.5. The lowest BCUT2D eigenvalue weighted by atomic mass is 9.63. The van der Waals surface area contributed by atoms with Crippen LogP contribution in [0.15, 0.2) is 42.7 Å². The van der Waals surface area contributed by atoms with Gasteiger partial charge in [-0.05, 0) is 73.1 Å². The van der Waals surface area contributed by atoms with Gasteiger partial charge in [0.05, 0.1) is 11.1 Å². The zero-order valence-corrected chi connectivity index (χ0v) is 21.7. The number of hydrogen-bond donors (Lipinski definition) is 2. The maximum atomic E-state index is 14.5. The van der Waals surface area contributed by atoms with Gasteiger partial charge in [0.2, 0.25) is 0 Å². The molecular weight excluding hydrogens is 515 g/mol. The van der Waals surface area contributed by atoms with Gasteiger partial charge in [0.25, 0.3) is 6.43 Å². The number of urea groups is 1. The first kappa shape index (κ1) is 25.1. The zero-order valence-electron chi connectivity index (χ0n) is 20.8. The molecule has 200 valence electrons. The number of hydrogen-bond acceptors (Lipinski definition) is 6. The first-order valence-electron chi connectivity index (χ1n) is 12.7. The maximum Gasteiger partial charge on any atom is 0.321 e. The third-order valence-electron chi connectivity index (χ3n) is 8.16. The monoisotopic (exact) mass is 543 g/mol. The summed E-state index contributed by atoms with van der Waals surface area (Å²) in [6.07, 6.45) is 1.08. The Morgan fingerprint density at radius 3 is 2.71 bits per heavy atom. The summed E-state index contributed by atoms with van der Waals surface area (Å²) < 4.78 is 51.8. The minimum absolute atomic E-state index is 0.0153. The molecule has 2 aromatic carbocycles. The van der Waals surface area contributed by atoms with E-state index in [4.69, 9.17) is 4.74 Å². The Hall–Kier alpha value is -3.18. The Kier molecular flexibility index (Phi) is 6.30. The van der Waals surface area contributed by atoms with Crippen LogP contribution in [0.4, 0.5) is 23.7 Å². The summed E-state index contributed by atoms with van der Waals surface area (Å²) in [5.41, 5.74) is 0.854. The molecule has 1 aliphatic carbocycles. The Morgan fingerprint density at radius 2 is 2.05 bits per heavy atom. The Bertz CT molecular complexity index is 1340. The molecule has 2 N–H and O–H groups in total. The number of aryl methyl sites for hydroxylation is 1. The van der Waals surface area contributed by atoms with Gasteiger partial charge in [-0.2, -0.15) is 4.37 Å². The number of alkyl halides is 2. The van der Waals surface area contributed by atoms with E-state index in [1.807, 2.05) is 6.07 Å². The molecule has 11 heteroatoms. The van der Waals surface area contributed by atoms with E-state index < -0.39 is 17.9 Å². The molecule has 0 unspecified atom stereocenters. The van der Waals surface area contributed by atoms with Crippen LogP contribution in [0.25, 0.3) is 0 Å². The maximum absolute atomic E-state index is 14.5. The third kappa shape index (κ3) is 4.41. The second-order valence-electron chi connectivity index (χ2n) is 10.7. The molecule has 6 rings (SSSR count). The standard InChI is InChI=1S/C27H28F3N5O2S/c1-16-2-4-18(9-20(16)28)27(24-32-15-33-38-24)6-7-35(14-27)25(36)34-21-8-17(23(29)30)3-5-22(21)37-19-10-26(11-19)12-31-13-26/h2-5,8-9,15,19,23,31H,6-7,10-14H2,1H3,(H,34,36)/t27-/m0/s1. The van der Waals surface area contributed by atoms with E-state index in [1.54, 1.807) is 17.9 Å². The molecule has 1 spiro atoms. The molecule has 1 atom stereocenters. The van der Waals surface area contributed by atoms with E-state index in [2.05, 4.69) is 20.0 Å². The van der Waals surface area contributed by atoms with Gasteiger partial charge in [-0.25, -0.2) is 22.9 Å². The number of likely N-dealkylation sites (tertiary alicyclic amines) is 1. The Balaban J connectivity index is 1.23. The molecule has 2 aliphatic heterocycles. The van der Waals surface area contributed by atoms with Gasteiger partial charge in [0, 0.05) is 37.2 Å². The van der Waals surface area contributed by atoms with Gasteiger partial charge < -0.3 is 20.3 Å². The first-order chi connectivity index (χ1) is 18.3. The number of nitrogens with zero attached hydrogens (tertiary/aromatic N) is 3. The van der Waals surface area contributed by atoms with E-state index >= 15 is 0 Å². The van der Waals surface area contributed by atoms with Crippen molar-refractivity contribution < 1.29 is 22.7 Å². The van der Waals surface area contributed by atoms with Gasteiger partial charge in [-0.1, -0.05) is 12.1 Å². The lowest BCUT2D eigenvalue weighted by molar-refractivity contribution is -0.0492. The predicted octanol–water partition coefficient (Wildman–Crippen LogP) is 5.28. The highest BCUT2D eigenvalue weighted by atomic mass is 32.1. The number of amides is 2. The average Bonchev–Trinajstić information content (AvgIpc) is 3.53. The fourth-order valence-electron chi connectivity index (χ4n) is 5.81. The van der Waals surface area contributed by atoms with E-state index in [9.17, 15) is 18.0 Å². The number of carbonyl (C=O) groups excluding carboxylic acids is 1. The summed E-state index contributed by atoms with van der Waals surface area (Å²) in [6.45, 7) is 4.27. The van der Waals surface area contributed by atoms with Crippen LogP contribution < -0.4 is 15.4 Å². The molecule has 2 saturated heterocycles. The van der Waals surface area contributed by atoms with Crippen LogP contribution in [0.5, 0.6) is 5.75 Å². The van der Waals surface area contributed by atoms with Crippen LogP contribution in [0, 0.1) is 18.2 Å². The molecule has 2 amide bonds. The molecule has 7 nitrogen and oxygen atoms in total. The summed E-state index contributed by atoms with van der Waals surface area (Å²) in [7, 11) is 0. The smallest absolute Gasteiger partial charge is 0.321 e. The number of benzene rings is 2. The molecule has 0 bridgehead atoms. The molecule has 3 aromatic rings. The van der Waals surface area contributed by atoms with Crippen LogP contribution in [-0.2, 0) is 5.41 Å². The van der Waals surface area contributed by atoms with Crippen molar-refractivity contribution >= 4 is 23.3 Å². The topological polar surface area (TPSA) is 79.4 Å². The van der Waals surface area contributed by atoms with Gasteiger partial charge in [-0.15, -0.1) is 0 Å². The Labute approximate surface area is 222 Å². The number of anilines is 1. The minimum atomic E-state index is -2.68. The largest absolute Gasteiger partial charge is 0.488 e. The van der Waals surface area contributed by atoms with Crippen molar-refractivity contribution in [2.24, 2.45) is 5.41 Å². The van der Waals surface area contributed by atoms with E-state index in [0.717, 1.165) is 31.5 Å². The molecule has 38 heavy (non-hydrogen) atoms. The normalized spacial score (nSPS) is 22.4. The molecular formula is C27H28F3N5O2S. The summed E-state index contributed by atoms with van der Waals surface area (Å²) in [4.78, 5) is 19.5. The lowest BCUT2D eigenvalue weighted by Crippen LogP contribution is -2.62. The van der Waals surface area contributed by atoms with Crippen molar-refractivity contribution in [1.82, 2.24) is 19.6 Å². The van der Waals surface area contributed by atoms with E-state index in [1.165, 1.54) is 42.1 Å². The van der Waals surface area contributed by atoms with Crippen molar-refractivity contribution in [1.29, 1.82) is 0 Å². The van der Waals surface area contributed by atoms with Crippen molar-refractivity contribution in [2.45, 2.75) is 44.1 Å². The summed E-state index contributed by atoms with van der Waals surface area (Å²) in [5.74, 6) is 0.0559. The molecule has 1 saturated carbocycles. The first-order valence-corrected chi connectivity index (χ1v) is 13.4. The summed E-state index contributed by atoms with van der Waals surface area (Å²) in [5, 5.41) is 6.79. The second-order valence-corrected chi connectivity index (χ2v) is 11.5. The van der Waals surface area contributed by atoms with Crippen molar-refractivity contribution in [2.75, 3.05) is 31.5 Å². The summed E-state index contributed by atoms with van der Waals surface area (Å²) >= 11 is 1.22. The molecule has 3 heterocycles. The van der Waals surface area contributed by atoms with Crippen LogP contribution in [0.1, 0.15) is 47.4 Å². The van der Waals surface area contributed by atoms with Crippen molar-refractivity contribution in [3.63, 3.8) is 0 Å². The van der Waals surface area contributed by atoms with Gasteiger partial charge in [0.15, 0.2) is 0 Å². The number of rotatable bonds is 6. The predicted molar refractivity (Wildman–Crippen MR) is 137 cm³/mol. The second kappa shape index (κ2) is 9.53. The van der Waals surface area contributed by atoms with Crippen LogP contribution in [0.2, 0.25) is 0 Å². The van der Waals surface area contributed by atoms with Crippen molar-refractivity contribution in [3.8, 4) is 5.75 Å². The highest BCUT2D eigenvalue weighted by molar-refractivity contribution is 7.05. The highest BCUT2D eigenvalue weighted by Crippen LogP contribution is 2.47. The highest BCUT2D eigenvalue weighted by Gasteiger charge is 2.50. The number of carbonyl (C=O) groups is 1. The number of nitrogens with one attached hydrogen (secondary N) is 2. The lowest BCUT2D eigenvalue weighted by Gasteiger charge is -2.53. The van der Waals surface area contributed by atoms with Crippen LogP contribution >= 0.6 is 11.5 Å². The summed E-state index contributed by atoms with van der Waals surface area (Å²) in [6, 6.07) is 8.76. The van der Waals surface area contributed by atoms with E-state index in [0.29, 0.717) is 29.3 Å². The SMILES string of the molecule is Cc1ccc([C@]2(c3ncns3)CCN(C(=O)Nc3cc(C(F)F)ccc3OC3CC4(CNC4)C3)C2)cc1F. The number of aromatic nitrogens is 2. The molecule has 3 aliphatic rings. The van der Waals surface area contributed by atoms with Gasteiger partial charge >= 0.3 is 6.03 Å². The Morgan fingerprint density at radius 1 is 1.24 bits per heavy atom. The average molecular weight is 544 g/mol. The van der Waals surface area contributed by atoms with Gasteiger partial charge in [0.1, 0.15) is 29.0 Å². The van der Waals surface area contributed by atoms with Crippen LogP contribution in [-0.4, -0.2) is 52.6 Å². The van der Waals surface area contributed by atoms with Gasteiger partial charge in [-0.3, -0.25) is 0 Å². The van der Waals surface area contributed by atoms with Crippen molar-refractivity contribution in [3.05, 3.63) is 70.2 Å². The fraction of sp³-hybridized carbons (Fsp3) is 0.444. The molecule has 1 aromatic heterocycles. The fourth-order valence-corrected chi connectivity index (χ4v) is 6.55. The number of ether oxygens (including phenoxy) is 1. The van der Waals surface area contributed by atoms with Crippen LogP contribution in [0.3, 0.4) is 0 Å².